The van der Waals surface area contributed by atoms with Gasteiger partial charge in [0.2, 0.25) is 0 Å². The van der Waals surface area contributed by atoms with Crippen molar-refractivity contribution in [2.45, 2.75) is 65.1 Å². The average Bonchev–Trinajstić information content (AvgIpc) is 3.16. The van der Waals surface area contributed by atoms with Crippen LogP contribution in [0.2, 0.25) is 0 Å². The van der Waals surface area contributed by atoms with Crippen molar-refractivity contribution in [3.63, 3.8) is 0 Å². The maximum absolute atomic E-state index is 4.64. The number of fused-ring (bicyclic) bond motifs is 1. The smallest absolute Gasteiger partial charge is 0.191 e. The first-order valence-electron chi connectivity index (χ1n) is 8.97. The van der Waals surface area contributed by atoms with E-state index in [0.29, 0.717) is 19.0 Å². The molecule has 2 aromatic rings. The number of nitrogens with one attached hydrogen (secondary N) is 2. The number of hydrogen-bond acceptors (Lipinski definition) is 5. The van der Waals surface area contributed by atoms with Gasteiger partial charge in [-0.3, -0.25) is 4.99 Å². The number of nitrogens with zero attached hydrogens (tertiary/aromatic N) is 5. The second kappa shape index (κ2) is 10.2. The number of halogens is 1. The minimum atomic E-state index is 0. The minimum Gasteiger partial charge on any atom is -0.350 e. The van der Waals surface area contributed by atoms with Crippen LogP contribution in [0, 0.1) is 0 Å². The second-order valence-electron chi connectivity index (χ2n) is 6.59. The summed E-state index contributed by atoms with van der Waals surface area (Å²) in [7, 11) is 1.78. The molecule has 0 amide bonds. The molecule has 2 N–H and O–H groups in total. The Morgan fingerprint density at radius 1 is 1.23 bits per heavy atom. The Hall–Kier alpha value is -1.23. The summed E-state index contributed by atoms with van der Waals surface area (Å²) in [4.78, 5) is 8.93. The van der Waals surface area contributed by atoms with Crippen molar-refractivity contribution in [2.24, 2.45) is 4.99 Å². The van der Waals surface area contributed by atoms with Crippen LogP contribution in [-0.2, 0) is 26.1 Å². The molecule has 9 heteroatoms. The van der Waals surface area contributed by atoms with Crippen LogP contribution in [0.1, 0.15) is 61.4 Å². The zero-order chi connectivity index (χ0) is 17.6. The van der Waals surface area contributed by atoms with E-state index in [1.165, 1.54) is 19.3 Å². The van der Waals surface area contributed by atoms with Crippen molar-refractivity contribution >= 4 is 41.3 Å². The number of guanidine groups is 1. The summed E-state index contributed by atoms with van der Waals surface area (Å²) in [5.41, 5.74) is 1.15. The third-order valence-electron chi connectivity index (χ3n) is 4.39. The van der Waals surface area contributed by atoms with Gasteiger partial charge in [0.15, 0.2) is 11.8 Å². The monoisotopic (exact) mass is 489 g/mol. The van der Waals surface area contributed by atoms with E-state index in [2.05, 4.69) is 54.6 Å². The lowest BCUT2D eigenvalue weighted by Crippen LogP contribution is -2.37. The Morgan fingerprint density at radius 2 is 2.04 bits per heavy atom. The highest BCUT2D eigenvalue weighted by molar-refractivity contribution is 14.0. The van der Waals surface area contributed by atoms with Crippen LogP contribution < -0.4 is 10.6 Å². The van der Waals surface area contributed by atoms with Gasteiger partial charge < -0.3 is 15.2 Å². The molecule has 3 rings (SSSR count). The predicted octanol–water partition coefficient (Wildman–Crippen LogP) is 3.07. The Balaban J connectivity index is 0.00000243. The van der Waals surface area contributed by atoms with Gasteiger partial charge in [0.05, 0.1) is 18.8 Å². The molecule has 0 atom stereocenters. The lowest BCUT2D eigenvalue weighted by Gasteiger charge is -2.12. The Bertz CT molecular complexity index is 723. The summed E-state index contributed by atoms with van der Waals surface area (Å²) in [5, 5.41) is 18.5. The lowest BCUT2D eigenvalue weighted by atomic mass is 10.2. The van der Waals surface area contributed by atoms with Crippen LogP contribution in [0.25, 0.3) is 0 Å². The van der Waals surface area contributed by atoms with E-state index in [4.69, 9.17) is 0 Å². The number of rotatable bonds is 5. The van der Waals surface area contributed by atoms with E-state index < -0.39 is 0 Å². The van der Waals surface area contributed by atoms with E-state index in [0.717, 1.165) is 41.3 Å². The lowest BCUT2D eigenvalue weighted by molar-refractivity contribution is 0.596. The molecule has 0 unspecified atom stereocenters. The zero-order valence-electron chi connectivity index (χ0n) is 15.7. The van der Waals surface area contributed by atoms with Crippen molar-refractivity contribution in [3.05, 3.63) is 27.7 Å². The fourth-order valence-corrected chi connectivity index (χ4v) is 3.79. The first-order valence-corrected chi connectivity index (χ1v) is 9.85. The third-order valence-corrected chi connectivity index (χ3v) is 5.26. The molecular formula is C17H28IN7S. The topological polar surface area (TPSA) is 80.0 Å². The Labute approximate surface area is 176 Å². The number of thiazole rings is 1. The van der Waals surface area contributed by atoms with Crippen molar-refractivity contribution in [1.29, 1.82) is 0 Å². The molecule has 0 saturated carbocycles. The van der Waals surface area contributed by atoms with Gasteiger partial charge in [0.25, 0.3) is 0 Å². The van der Waals surface area contributed by atoms with Gasteiger partial charge in [-0.1, -0.05) is 20.3 Å². The quantitative estimate of drug-likeness (QED) is 0.384. The predicted molar refractivity (Wildman–Crippen MR) is 116 cm³/mol. The molecule has 0 bridgehead atoms. The first kappa shape index (κ1) is 21.1. The molecule has 0 saturated heterocycles. The standard InChI is InChI=1S/C17H27N7S.HI/c1-12(2)13-11-25-16(21-13)10-20-17(18-3)19-9-15-23-22-14-7-5-4-6-8-24(14)15;/h11-12H,4-10H2,1-3H3,(H2,18,19,20);1H. The van der Waals surface area contributed by atoms with Crippen LogP contribution >= 0.6 is 35.3 Å². The number of aliphatic imine (C=N–C) groups is 1. The summed E-state index contributed by atoms with van der Waals surface area (Å²) in [6, 6.07) is 0. The zero-order valence-corrected chi connectivity index (χ0v) is 18.8. The summed E-state index contributed by atoms with van der Waals surface area (Å²) in [5.74, 6) is 3.32. The molecule has 0 aromatic carbocycles. The summed E-state index contributed by atoms with van der Waals surface area (Å²) in [6.45, 7) is 6.64. The normalized spacial score (nSPS) is 14.5. The van der Waals surface area contributed by atoms with Crippen LogP contribution in [0.5, 0.6) is 0 Å². The molecule has 2 aromatic heterocycles. The van der Waals surface area contributed by atoms with Crippen LogP contribution in [0.3, 0.4) is 0 Å². The van der Waals surface area contributed by atoms with E-state index >= 15 is 0 Å². The van der Waals surface area contributed by atoms with E-state index in [9.17, 15) is 0 Å². The van der Waals surface area contributed by atoms with Gasteiger partial charge in [0.1, 0.15) is 10.8 Å². The van der Waals surface area contributed by atoms with E-state index in [1.54, 1.807) is 18.4 Å². The van der Waals surface area contributed by atoms with Crippen LogP contribution in [0.15, 0.2) is 10.4 Å². The number of aromatic nitrogens is 4. The largest absolute Gasteiger partial charge is 0.350 e. The molecular weight excluding hydrogens is 461 g/mol. The number of hydrogen-bond donors (Lipinski definition) is 2. The van der Waals surface area contributed by atoms with Gasteiger partial charge in [-0.15, -0.1) is 45.5 Å². The van der Waals surface area contributed by atoms with Gasteiger partial charge in [0, 0.05) is 25.4 Å². The van der Waals surface area contributed by atoms with Crippen molar-refractivity contribution in [3.8, 4) is 0 Å². The first-order chi connectivity index (χ1) is 12.2. The molecule has 3 heterocycles. The van der Waals surface area contributed by atoms with Crippen molar-refractivity contribution in [2.75, 3.05) is 7.05 Å². The molecule has 0 fully saturated rings. The van der Waals surface area contributed by atoms with Crippen molar-refractivity contribution in [1.82, 2.24) is 30.4 Å². The molecule has 0 spiro atoms. The van der Waals surface area contributed by atoms with Crippen LogP contribution in [0.4, 0.5) is 0 Å². The molecule has 144 valence electrons. The molecule has 1 aliphatic rings. The van der Waals surface area contributed by atoms with Crippen molar-refractivity contribution < 1.29 is 0 Å². The summed E-state index contributed by atoms with van der Waals surface area (Å²) >= 11 is 1.68. The van der Waals surface area contributed by atoms with Gasteiger partial charge in [-0.2, -0.15) is 0 Å². The summed E-state index contributed by atoms with van der Waals surface area (Å²) < 4.78 is 2.25. The highest BCUT2D eigenvalue weighted by Crippen LogP contribution is 2.17. The summed E-state index contributed by atoms with van der Waals surface area (Å²) in [6.07, 6.45) is 4.71. The molecule has 0 aliphatic carbocycles. The SMILES string of the molecule is CN=C(NCc1nc(C(C)C)cs1)NCc1nnc2n1CCCCC2.I. The number of aryl methyl sites for hydroxylation is 1. The third kappa shape index (κ3) is 5.38. The van der Waals surface area contributed by atoms with Gasteiger partial charge in [-0.05, 0) is 18.8 Å². The van der Waals surface area contributed by atoms with E-state index in [1.807, 2.05) is 0 Å². The van der Waals surface area contributed by atoms with E-state index in [-0.39, 0.29) is 24.0 Å². The molecule has 7 nitrogen and oxygen atoms in total. The fourth-order valence-electron chi connectivity index (χ4n) is 2.89. The Kier molecular flexibility index (Phi) is 8.26. The second-order valence-corrected chi connectivity index (χ2v) is 7.54. The van der Waals surface area contributed by atoms with Gasteiger partial charge in [-0.25, -0.2) is 4.98 Å². The average molecular weight is 489 g/mol. The highest BCUT2D eigenvalue weighted by atomic mass is 127. The maximum atomic E-state index is 4.64. The van der Waals surface area contributed by atoms with Crippen LogP contribution in [-0.4, -0.2) is 32.8 Å². The molecule has 26 heavy (non-hydrogen) atoms. The molecule has 1 aliphatic heterocycles. The van der Waals surface area contributed by atoms with Gasteiger partial charge >= 0.3 is 0 Å². The highest BCUT2D eigenvalue weighted by Gasteiger charge is 2.14. The maximum Gasteiger partial charge on any atom is 0.191 e. The Morgan fingerprint density at radius 3 is 2.77 bits per heavy atom. The fraction of sp³-hybridized carbons (Fsp3) is 0.647. The minimum absolute atomic E-state index is 0. The molecule has 0 radical (unpaired) electrons.